The lowest BCUT2D eigenvalue weighted by molar-refractivity contribution is -0.178. The van der Waals surface area contributed by atoms with Crippen LogP contribution in [0.4, 0.5) is 15.3 Å². The highest BCUT2D eigenvalue weighted by Crippen LogP contribution is 2.66. The molecule has 5 aromatic rings. The number of hydrogen-bond donors (Lipinski definition) is 5. The summed E-state index contributed by atoms with van der Waals surface area (Å²) in [6, 6.07) is 33.8. The Morgan fingerprint density at radius 2 is 1.50 bits per heavy atom. The van der Waals surface area contributed by atoms with Gasteiger partial charge in [0.2, 0.25) is 11.8 Å². The molecule has 0 aliphatic carbocycles. The Morgan fingerprint density at radius 1 is 0.855 bits per heavy atom. The van der Waals surface area contributed by atoms with Crippen molar-refractivity contribution in [2.75, 3.05) is 24.7 Å². The summed E-state index contributed by atoms with van der Waals surface area (Å²) >= 11 is 0. The topological polar surface area (TPSA) is 207 Å². The maximum Gasteiger partial charge on any atom is 0.329 e. The molecule has 2 saturated heterocycles. The van der Waals surface area contributed by atoms with Gasteiger partial charge in [-0.15, -0.1) is 0 Å². The molecule has 0 saturated carbocycles. The molecular weight excluding hydrogens is 789 g/mol. The molecule has 0 radical (unpaired) electrons. The van der Waals surface area contributed by atoms with Gasteiger partial charge in [0, 0.05) is 11.1 Å². The normalized spacial score (nSPS) is 23.0. The number of para-hydroxylation sites is 1. The third-order valence-electron chi connectivity index (χ3n) is 11.8. The number of aliphatic hydroxyl groups excluding tert-OH is 1. The van der Waals surface area contributed by atoms with Crippen molar-refractivity contribution in [2.24, 2.45) is 17.4 Å². The van der Waals surface area contributed by atoms with E-state index in [1.54, 1.807) is 49.4 Å². The number of cyclic esters (lactones) is 1. The predicted molar refractivity (Wildman–Crippen MR) is 228 cm³/mol. The highest BCUT2D eigenvalue weighted by atomic mass is 16.6. The van der Waals surface area contributed by atoms with Gasteiger partial charge < -0.3 is 36.7 Å². The molecule has 3 heterocycles. The van der Waals surface area contributed by atoms with Gasteiger partial charge in [0.05, 0.1) is 42.9 Å². The van der Waals surface area contributed by atoms with E-state index in [0.29, 0.717) is 22.3 Å². The van der Waals surface area contributed by atoms with Gasteiger partial charge in [0.1, 0.15) is 29.9 Å². The maximum atomic E-state index is 16.2. The molecular formula is C48H44N6O8. The fourth-order valence-corrected chi connectivity index (χ4v) is 9.33. The van der Waals surface area contributed by atoms with E-state index in [-0.39, 0.29) is 36.8 Å². The van der Waals surface area contributed by atoms with E-state index in [2.05, 4.69) is 22.5 Å². The summed E-state index contributed by atoms with van der Waals surface area (Å²) in [4.78, 5) is 74.7. The van der Waals surface area contributed by atoms with Crippen LogP contribution in [0.2, 0.25) is 0 Å². The molecule has 62 heavy (non-hydrogen) atoms. The van der Waals surface area contributed by atoms with Crippen molar-refractivity contribution in [1.82, 2.24) is 15.5 Å². The van der Waals surface area contributed by atoms with E-state index < -0.39 is 71.5 Å². The number of esters is 1. The van der Waals surface area contributed by atoms with Gasteiger partial charge in [0.15, 0.2) is 0 Å². The highest BCUT2D eigenvalue weighted by molar-refractivity contribution is 6.24. The van der Waals surface area contributed by atoms with Gasteiger partial charge in [0.25, 0.3) is 0 Å². The number of primary amides is 2. The zero-order valence-corrected chi connectivity index (χ0v) is 33.6. The van der Waals surface area contributed by atoms with E-state index in [4.69, 9.17) is 20.9 Å². The SMILES string of the molecule is CC(NC(=O)N1C(=O)C2(c3cc(C#CCNC(N)=O)ccc31)C(C(N)=O)C1C(=O)OC(c3ccccc3)C(c3ccccc3)N1C2c1ccccc1OCCO)c1ccccc1. The molecule has 5 aromatic carbocycles. The lowest BCUT2D eigenvalue weighted by atomic mass is 9.65. The Kier molecular flexibility index (Phi) is 11.5. The average Bonchev–Trinajstić information content (AvgIpc) is 3.74. The molecule has 7 atom stereocenters. The summed E-state index contributed by atoms with van der Waals surface area (Å²) < 4.78 is 12.6. The van der Waals surface area contributed by atoms with Gasteiger partial charge in [-0.1, -0.05) is 121 Å². The standard InChI is InChI=1S/C48H44N6O8/c1-29(31-15-5-2-6-16-31)52-47(60)53-36-24-23-30(14-13-25-51-46(50)59)28-35(36)48(45(53)58)38(43(49)56)40-44(57)62-41(33-19-9-4-10-20-33)39(32-17-7-3-8-18-32)54(40)42(48)34-21-11-12-22-37(34)61-27-26-55/h2-12,15-24,28-29,38-42,55H,25-27H2,1H3,(H2,49,56)(H,52,60)(H3,50,51,59). The molecule has 8 rings (SSSR count). The van der Waals surface area contributed by atoms with Crippen molar-refractivity contribution in [1.29, 1.82) is 0 Å². The number of ether oxygens (including phenoxy) is 2. The molecule has 3 aliphatic rings. The Labute approximate surface area is 357 Å². The first-order chi connectivity index (χ1) is 30.1. The summed E-state index contributed by atoms with van der Waals surface area (Å²) in [6.45, 7) is 1.24. The number of urea groups is 2. The molecule has 7 N–H and O–H groups in total. The average molecular weight is 833 g/mol. The lowest BCUT2D eigenvalue weighted by Crippen LogP contribution is -2.55. The van der Waals surface area contributed by atoms with Gasteiger partial charge in [-0.25, -0.2) is 14.5 Å². The van der Waals surface area contributed by atoms with Gasteiger partial charge >= 0.3 is 18.0 Å². The second-order valence-electron chi connectivity index (χ2n) is 15.3. The van der Waals surface area contributed by atoms with Gasteiger partial charge in [-0.3, -0.25) is 19.3 Å². The van der Waals surface area contributed by atoms with Crippen LogP contribution >= 0.6 is 0 Å². The van der Waals surface area contributed by atoms with Gasteiger partial charge in [-0.05, 0) is 53.4 Å². The van der Waals surface area contributed by atoms with E-state index in [0.717, 1.165) is 10.5 Å². The Morgan fingerprint density at radius 3 is 2.16 bits per heavy atom. The first-order valence-corrected chi connectivity index (χ1v) is 20.1. The van der Waals surface area contributed by atoms with E-state index >= 15 is 4.79 Å². The second kappa shape index (κ2) is 17.3. The molecule has 0 bridgehead atoms. The number of amides is 6. The number of nitrogens with two attached hydrogens (primary N) is 2. The first-order valence-electron chi connectivity index (χ1n) is 20.1. The number of morpholine rings is 1. The zero-order valence-electron chi connectivity index (χ0n) is 33.6. The number of nitrogens with zero attached hydrogens (tertiary/aromatic N) is 2. The maximum absolute atomic E-state index is 16.2. The zero-order chi connectivity index (χ0) is 43.5. The monoisotopic (exact) mass is 832 g/mol. The van der Waals surface area contributed by atoms with Crippen LogP contribution in [-0.2, 0) is 24.5 Å². The van der Waals surface area contributed by atoms with Crippen LogP contribution < -0.4 is 31.7 Å². The second-order valence-corrected chi connectivity index (χ2v) is 15.3. The third kappa shape index (κ3) is 7.16. The number of fused-ring (bicyclic) bond motifs is 3. The first kappa shape index (κ1) is 41.3. The van der Waals surface area contributed by atoms with Crippen LogP contribution in [0.5, 0.6) is 5.75 Å². The van der Waals surface area contributed by atoms with E-state index in [1.165, 1.54) is 0 Å². The molecule has 2 fully saturated rings. The van der Waals surface area contributed by atoms with Crippen molar-refractivity contribution < 1.29 is 38.6 Å². The molecule has 314 valence electrons. The Bertz CT molecular complexity index is 2580. The van der Waals surface area contributed by atoms with Crippen molar-refractivity contribution >= 4 is 35.5 Å². The number of benzene rings is 5. The quantitative estimate of drug-likeness (QED) is 0.0976. The molecule has 6 amide bonds. The minimum atomic E-state index is -2.11. The predicted octanol–water partition coefficient (Wildman–Crippen LogP) is 4.70. The largest absolute Gasteiger partial charge is 0.491 e. The summed E-state index contributed by atoms with van der Waals surface area (Å²) in [6.07, 6.45) is -0.948. The summed E-state index contributed by atoms with van der Waals surface area (Å²) in [5, 5.41) is 15.3. The Balaban J connectivity index is 1.43. The summed E-state index contributed by atoms with van der Waals surface area (Å²) in [5.74, 6) is 1.88. The lowest BCUT2D eigenvalue weighted by Gasteiger charge is -2.46. The number of nitrogens with one attached hydrogen (secondary N) is 2. The van der Waals surface area contributed by atoms with Crippen molar-refractivity contribution in [2.45, 2.75) is 42.6 Å². The highest BCUT2D eigenvalue weighted by Gasteiger charge is 2.75. The number of hydrogen-bond acceptors (Lipinski definition) is 9. The van der Waals surface area contributed by atoms with Crippen LogP contribution in [0.3, 0.4) is 0 Å². The number of anilines is 1. The van der Waals surface area contributed by atoms with Crippen LogP contribution in [0.25, 0.3) is 0 Å². The van der Waals surface area contributed by atoms with Crippen LogP contribution in [0, 0.1) is 17.8 Å². The summed E-state index contributed by atoms with van der Waals surface area (Å²) in [7, 11) is 0. The fourth-order valence-electron chi connectivity index (χ4n) is 9.33. The third-order valence-corrected chi connectivity index (χ3v) is 11.8. The summed E-state index contributed by atoms with van der Waals surface area (Å²) in [5.41, 5.74) is 12.9. The molecule has 14 heteroatoms. The molecule has 3 aliphatic heterocycles. The van der Waals surface area contributed by atoms with E-state index in [9.17, 15) is 24.3 Å². The van der Waals surface area contributed by atoms with Crippen LogP contribution in [0.1, 0.15) is 64.5 Å². The molecule has 0 aromatic heterocycles. The van der Waals surface area contributed by atoms with Crippen molar-refractivity contribution in [3.63, 3.8) is 0 Å². The number of carbonyl (C=O) groups excluding carboxylic acids is 5. The fraction of sp³-hybridized carbons (Fsp3) is 0.229. The molecule has 7 unspecified atom stereocenters. The Hall–Kier alpha value is -7.47. The smallest absolute Gasteiger partial charge is 0.329 e. The number of rotatable bonds is 10. The van der Waals surface area contributed by atoms with Crippen molar-refractivity contribution in [3.05, 3.63) is 167 Å². The van der Waals surface area contributed by atoms with Crippen LogP contribution in [0.15, 0.2) is 133 Å². The number of aliphatic hydroxyl groups is 1. The van der Waals surface area contributed by atoms with Crippen LogP contribution in [-0.4, -0.2) is 65.7 Å². The number of carbonyl (C=O) groups is 5. The number of imide groups is 1. The van der Waals surface area contributed by atoms with Crippen molar-refractivity contribution in [3.8, 4) is 17.6 Å². The van der Waals surface area contributed by atoms with Gasteiger partial charge in [-0.2, -0.15) is 0 Å². The molecule has 14 nitrogen and oxygen atoms in total. The minimum absolute atomic E-state index is 0.0914. The minimum Gasteiger partial charge on any atom is -0.491 e. The van der Waals surface area contributed by atoms with E-state index in [1.807, 2.05) is 95.9 Å². The molecule has 1 spiro atoms.